The van der Waals surface area contributed by atoms with Crippen LogP contribution in [0, 0.1) is 17.6 Å². The molecule has 0 atom stereocenters. The van der Waals surface area contributed by atoms with Crippen LogP contribution in [0.5, 0.6) is 5.75 Å². The van der Waals surface area contributed by atoms with Crippen LogP contribution in [0.3, 0.4) is 0 Å². The predicted molar refractivity (Wildman–Crippen MR) is 137 cm³/mol. The van der Waals surface area contributed by atoms with E-state index in [9.17, 15) is 17.2 Å². The molecule has 3 heterocycles. The lowest BCUT2D eigenvalue weighted by molar-refractivity contribution is 0.207. The van der Waals surface area contributed by atoms with Gasteiger partial charge in [-0.3, -0.25) is 4.68 Å². The van der Waals surface area contributed by atoms with Crippen molar-refractivity contribution in [3.63, 3.8) is 0 Å². The number of aromatic nitrogens is 4. The third-order valence-corrected chi connectivity index (χ3v) is 7.08. The molecule has 1 saturated heterocycles. The fraction of sp³-hybridized carbons (Fsp3) is 0.480. The summed E-state index contributed by atoms with van der Waals surface area (Å²) in [6.45, 7) is 4.56. The highest BCUT2D eigenvalue weighted by Crippen LogP contribution is 2.30. The highest BCUT2D eigenvalue weighted by molar-refractivity contribution is 7.88. The first-order valence-electron chi connectivity index (χ1n) is 12.4. The molecule has 0 bridgehead atoms. The van der Waals surface area contributed by atoms with Crippen molar-refractivity contribution in [2.45, 2.75) is 39.2 Å². The van der Waals surface area contributed by atoms with Gasteiger partial charge in [-0.2, -0.15) is 5.10 Å². The van der Waals surface area contributed by atoms with Crippen LogP contribution in [-0.4, -0.2) is 60.7 Å². The van der Waals surface area contributed by atoms with Crippen LogP contribution in [0.2, 0.25) is 0 Å². The Morgan fingerprint density at radius 3 is 2.38 bits per heavy atom. The Bertz CT molecular complexity index is 1270. The third-order valence-electron chi connectivity index (χ3n) is 6.35. The Kier molecular flexibility index (Phi) is 8.70. The molecule has 1 aromatic carbocycles. The molecule has 1 aliphatic heterocycles. The molecule has 0 unspecified atom stereocenters. The molecule has 37 heavy (non-hydrogen) atoms. The number of benzene rings is 1. The van der Waals surface area contributed by atoms with Crippen molar-refractivity contribution in [2.75, 3.05) is 37.4 Å². The minimum Gasteiger partial charge on any atom is -0.487 e. The zero-order valence-electron chi connectivity index (χ0n) is 21.0. The van der Waals surface area contributed by atoms with Gasteiger partial charge < -0.3 is 9.64 Å². The standard InChI is InChI=1S/C25H32F2N6O3S/c1-3-18-13-28-25(29-14-18)32-9-5-19(6-10-32)17-36-24-22(26)11-20(12-23(24)27)21-15-30-33(16-21)8-4-7-31-37(2,34)35/h11-16,19,31H,3-10,17H2,1-2H3. The zero-order valence-corrected chi connectivity index (χ0v) is 21.8. The molecule has 3 aromatic rings. The second kappa shape index (κ2) is 12.0. The largest absolute Gasteiger partial charge is 0.487 e. The van der Waals surface area contributed by atoms with Crippen LogP contribution in [0.15, 0.2) is 36.9 Å². The van der Waals surface area contributed by atoms with Crippen molar-refractivity contribution < 1.29 is 21.9 Å². The van der Waals surface area contributed by atoms with Crippen LogP contribution in [0.1, 0.15) is 31.7 Å². The average molecular weight is 535 g/mol. The van der Waals surface area contributed by atoms with Gasteiger partial charge in [-0.05, 0) is 54.9 Å². The maximum Gasteiger partial charge on any atom is 0.225 e. The number of piperidine rings is 1. The lowest BCUT2D eigenvalue weighted by Crippen LogP contribution is -2.36. The van der Waals surface area contributed by atoms with E-state index in [-0.39, 0.29) is 24.8 Å². The van der Waals surface area contributed by atoms with Crippen LogP contribution >= 0.6 is 0 Å². The summed E-state index contributed by atoms with van der Waals surface area (Å²) in [7, 11) is -3.24. The second-order valence-corrected chi connectivity index (χ2v) is 11.1. The average Bonchev–Trinajstić information content (AvgIpc) is 3.35. The molecule has 0 radical (unpaired) electrons. The molecule has 0 saturated carbocycles. The Hall–Kier alpha value is -3.12. The SMILES string of the molecule is CCc1cnc(N2CCC(COc3c(F)cc(-c4cnn(CCCNS(C)(=O)=O)c4)cc3F)CC2)nc1. The van der Waals surface area contributed by atoms with Gasteiger partial charge in [0.1, 0.15) is 0 Å². The third kappa shape index (κ3) is 7.45. The molecule has 0 aliphatic carbocycles. The van der Waals surface area contributed by atoms with Crippen LogP contribution in [0.4, 0.5) is 14.7 Å². The first-order valence-corrected chi connectivity index (χ1v) is 14.3. The van der Waals surface area contributed by atoms with E-state index in [4.69, 9.17) is 4.74 Å². The molecule has 0 spiro atoms. The summed E-state index contributed by atoms with van der Waals surface area (Å²) in [6.07, 6.45) is 11.0. The van der Waals surface area contributed by atoms with Gasteiger partial charge in [0.15, 0.2) is 17.4 Å². The molecule has 200 valence electrons. The van der Waals surface area contributed by atoms with E-state index in [0.717, 1.165) is 44.2 Å². The van der Waals surface area contributed by atoms with Crippen molar-refractivity contribution in [2.24, 2.45) is 5.92 Å². The fourth-order valence-corrected chi connectivity index (χ4v) is 4.71. The van der Waals surface area contributed by atoms with E-state index in [0.29, 0.717) is 30.0 Å². The second-order valence-electron chi connectivity index (χ2n) is 9.27. The highest BCUT2D eigenvalue weighted by atomic mass is 32.2. The summed E-state index contributed by atoms with van der Waals surface area (Å²) < 4.78 is 61.4. The number of ether oxygens (including phenoxy) is 1. The van der Waals surface area contributed by atoms with Gasteiger partial charge in [-0.1, -0.05) is 6.92 Å². The first-order chi connectivity index (χ1) is 17.7. The van der Waals surface area contributed by atoms with Gasteiger partial charge in [0, 0.05) is 50.3 Å². The van der Waals surface area contributed by atoms with Gasteiger partial charge in [-0.25, -0.2) is 31.9 Å². The Balaban J connectivity index is 1.29. The van der Waals surface area contributed by atoms with E-state index >= 15 is 0 Å². The smallest absolute Gasteiger partial charge is 0.225 e. The summed E-state index contributed by atoms with van der Waals surface area (Å²) in [5, 5.41) is 4.19. The molecule has 4 rings (SSSR count). The minimum absolute atomic E-state index is 0.181. The van der Waals surface area contributed by atoms with Crippen molar-refractivity contribution in [1.29, 1.82) is 0 Å². The van der Waals surface area contributed by atoms with E-state index in [1.54, 1.807) is 10.9 Å². The molecule has 0 amide bonds. The van der Waals surface area contributed by atoms with Gasteiger partial charge >= 0.3 is 0 Å². The molecule has 12 heteroatoms. The number of nitrogens with one attached hydrogen (secondary N) is 1. The van der Waals surface area contributed by atoms with Crippen molar-refractivity contribution in [1.82, 2.24) is 24.5 Å². The summed E-state index contributed by atoms with van der Waals surface area (Å²) in [4.78, 5) is 11.0. The number of rotatable bonds is 11. The molecule has 1 N–H and O–H groups in total. The van der Waals surface area contributed by atoms with Crippen LogP contribution in [-0.2, 0) is 23.0 Å². The number of hydrogen-bond acceptors (Lipinski definition) is 7. The topological polar surface area (TPSA) is 102 Å². The molecule has 1 aliphatic rings. The zero-order chi connectivity index (χ0) is 26.4. The van der Waals surface area contributed by atoms with Gasteiger partial charge in [-0.15, -0.1) is 0 Å². The number of sulfonamides is 1. The lowest BCUT2D eigenvalue weighted by atomic mass is 9.98. The summed E-state index contributed by atoms with van der Waals surface area (Å²) >= 11 is 0. The van der Waals surface area contributed by atoms with Gasteiger partial charge in [0.2, 0.25) is 16.0 Å². The normalized spacial score (nSPS) is 14.8. The van der Waals surface area contributed by atoms with Gasteiger partial charge in [0.05, 0.1) is 19.1 Å². The molecule has 9 nitrogen and oxygen atoms in total. The quantitative estimate of drug-likeness (QED) is 0.376. The minimum atomic E-state index is -3.24. The molecule has 1 fully saturated rings. The molecular formula is C25H32F2N6O3S. The van der Waals surface area contributed by atoms with E-state index in [2.05, 4.69) is 31.6 Å². The number of hydrogen-bond donors (Lipinski definition) is 1. The summed E-state index contributed by atoms with van der Waals surface area (Å²) in [6, 6.07) is 2.48. The summed E-state index contributed by atoms with van der Waals surface area (Å²) in [5.41, 5.74) is 2.00. The lowest BCUT2D eigenvalue weighted by Gasteiger charge is -2.31. The van der Waals surface area contributed by atoms with Crippen LogP contribution in [0.25, 0.3) is 11.1 Å². The maximum atomic E-state index is 14.8. The van der Waals surface area contributed by atoms with E-state index in [1.165, 1.54) is 18.3 Å². The maximum absolute atomic E-state index is 14.8. The van der Waals surface area contributed by atoms with Crippen molar-refractivity contribution >= 4 is 16.0 Å². The number of halogens is 2. The van der Waals surface area contributed by atoms with E-state index < -0.39 is 21.7 Å². The Labute approximate surface area is 215 Å². The molecule has 2 aromatic heterocycles. The number of nitrogens with zero attached hydrogens (tertiary/aromatic N) is 5. The van der Waals surface area contributed by atoms with Crippen molar-refractivity contribution in [3.8, 4) is 16.9 Å². The van der Waals surface area contributed by atoms with Crippen molar-refractivity contribution in [3.05, 3.63) is 54.1 Å². The first kappa shape index (κ1) is 26.9. The Morgan fingerprint density at radius 2 is 1.76 bits per heavy atom. The monoisotopic (exact) mass is 534 g/mol. The van der Waals surface area contributed by atoms with E-state index in [1.807, 2.05) is 12.4 Å². The molecular weight excluding hydrogens is 502 g/mol. The van der Waals surface area contributed by atoms with Crippen LogP contribution < -0.4 is 14.4 Å². The van der Waals surface area contributed by atoms with Gasteiger partial charge in [0.25, 0.3) is 0 Å². The number of aryl methyl sites for hydroxylation is 2. The predicted octanol–water partition coefficient (Wildman–Crippen LogP) is 3.42. The summed E-state index contributed by atoms with van der Waals surface area (Å²) in [5.74, 6) is -1.01. The fourth-order valence-electron chi connectivity index (χ4n) is 4.19. The highest BCUT2D eigenvalue weighted by Gasteiger charge is 2.23. The number of anilines is 1. The Morgan fingerprint density at radius 1 is 1.08 bits per heavy atom.